The van der Waals surface area contributed by atoms with Gasteiger partial charge in [0, 0.05) is 18.0 Å². The van der Waals surface area contributed by atoms with Gasteiger partial charge in [0.2, 0.25) is 5.91 Å². The first-order valence-corrected chi connectivity index (χ1v) is 13.1. The van der Waals surface area contributed by atoms with E-state index in [1.807, 2.05) is 48.4 Å². The second-order valence-corrected chi connectivity index (χ2v) is 10.4. The van der Waals surface area contributed by atoms with Crippen molar-refractivity contribution in [1.29, 1.82) is 0 Å². The molecule has 0 saturated heterocycles. The lowest BCUT2D eigenvalue weighted by Crippen LogP contribution is -2.48. The Labute approximate surface area is 203 Å². The smallest absolute Gasteiger partial charge is 0.264 e. The Bertz CT molecular complexity index is 1110. The van der Waals surface area contributed by atoms with Gasteiger partial charge < -0.3 is 14.5 Å². The fourth-order valence-corrected chi connectivity index (χ4v) is 5.96. The molecule has 3 aromatic rings. The third kappa shape index (κ3) is 5.31. The molecule has 0 bridgehead atoms. The van der Waals surface area contributed by atoms with Gasteiger partial charge in [0.25, 0.3) is 5.91 Å². The van der Waals surface area contributed by atoms with Gasteiger partial charge in [-0.3, -0.25) is 9.59 Å². The van der Waals surface area contributed by atoms with Gasteiger partial charge in [0.15, 0.2) is 0 Å². The summed E-state index contributed by atoms with van der Waals surface area (Å²) in [7, 11) is 0. The Kier molecular flexibility index (Phi) is 7.50. The van der Waals surface area contributed by atoms with Crippen LogP contribution in [-0.2, 0) is 11.2 Å². The van der Waals surface area contributed by atoms with Crippen LogP contribution in [0.4, 0.5) is 0 Å². The minimum Gasteiger partial charge on any atom is -0.491 e. The van der Waals surface area contributed by atoms with E-state index >= 15 is 0 Å². The summed E-state index contributed by atoms with van der Waals surface area (Å²) in [6.07, 6.45) is 1.64. The number of carbonyl (C=O) groups is 2. The van der Waals surface area contributed by atoms with Crippen molar-refractivity contribution in [1.82, 2.24) is 9.80 Å². The van der Waals surface area contributed by atoms with Gasteiger partial charge in [0.05, 0.1) is 10.9 Å². The highest BCUT2D eigenvalue weighted by molar-refractivity contribution is 7.12. The molecule has 174 valence electrons. The molecule has 1 aromatic carbocycles. The summed E-state index contributed by atoms with van der Waals surface area (Å²) in [6.45, 7) is 7.81. The largest absolute Gasteiger partial charge is 0.491 e. The van der Waals surface area contributed by atoms with Crippen LogP contribution in [0.15, 0.2) is 47.2 Å². The number of rotatable bonds is 8. The van der Waals surface area contributed by atoms with Crippen molar-refractivity contribution in [2.45, 2.75) is 39.7 Å². The van der Waals surface area contributed by atoms with Crippen LogP contribution in [0.2, 0.25) is 0 Å². The van der Waals surface area contributed by atoms with Crippen molar-refractivity contribution in [3.63, 3.8) is 0 Å². The Balaban J connectivity index is 1.52. The number of thiophene rings is 2. The van der Waals surface area contributed by atoms with E-state index in [0.717, 1.165) is 29.7 Å². The fourth-order valence-electron chi connectivity index (χ4n) is 4.34. The van der Waals surface area contributed by atoms with Crippen molar-refractivity contribution in [2.24, 2.45) is 0 Å². The number of carbonyl (C=O) groups excluding carboxylic acids is 2. The van der Waals surface area contributed by atoms with Crippen molar-refractivity contribution in [2.75, 3.05) is 26.2 Å². The van der Waals surface area contributed by atoms with Crippen LogP contribution < -0.4 is 4.74 Å². The average Bonchev–Trinajstić information content (AvgIpc) is 3.49. The zero-order valence-corrected chi connectivity index (χ0v) is 21.0. The maximum absolute atomic E-state index is 13.5. The third-order valence-electron chi connectivity index (χ3n) is 5.98. The van der Waals surface area contributed by atoms with Crippen LogP contribution in [0.3, 0.4) is 0 Å². The number of hydrogen-bond acceptors (Lipinski definition) is 5. The number of amides is 2. The first kappa shape index (κ1) is 23.5. The molecule has 33 heavy (non-hydrogen) atoms. The molecule has 1 aliphatic heterocycles. The van der Waals surface area contributed by atoms with Gasteiger partial charge in [-0.2, -0.15) is 0 Å². The molecule has 7 heteroatoms. The number of fused-ring (bicyclic) bond motifs is 1. The molecule has 1 aliphatic rings. The van der Waals surface area contributed by atoms with E-state index in [4.69, 9.17) is 4.74 Å². The van der Waals surface area contributed by atoms with Gasteiger partial charge in [-0.15, -0.1) is 22.7 Å². The molecule has 3 heterocycles. The molecule has 2 aromatic heterocycles. The van der Waals surface area contributed by atoms with Crippen LogP contribution in [0.25, 0.3) is 0 Å². The second-order valence-electron chi connectivity index (χ2n) is 8.44. The van der Waals surface area contributed by atoms with E-state index in [0.29, 0.717) is 24.6 Å². The highest BCUT2D eigenvalue weighted by Gasteiger charge is 2.33. The molecule has 5 nitrogen and oxygen atoms in total. The Hall–Kier alpha value is -2.64. The maximum Gasteiger partial charge on any atom is 0.264 e. The average molecular weight is 483 g/mol. The van der Waals surface area contributed by atoms with Gasteiger partial charge in [0.1, 0.15) is 18.9 Å². The SMILES string of the molecule is CCCN(CC(=O)N1CCc2sccc2[C@H]1COc1ccc(C)cc1C)C(=O)c1cccs1. The summed E-state index contributed by atoms with van der Waals surface area (Å²) < 4.78 is 6.23. The summed E-state index contributed by atoms with van der Waals surface area (Å²) in [4.78, 5) is 32.0. The molecule has 0 saturated carbocycles. The Morgan fingerprint density at radius 3 is 2.73 bits per heavy atom. The lowest BCUT2D eigenvalue weighted by atomic mass is 10.00. The highest BCUT2D eigenvalue weighted by atomic mass is 32.1. The molecule has 0 N–H and O–H groups in total. The predicted octanol–water partition coefficient (Wildman–Crippen LogP) is 5.48. The zero-order chi connectivity index (χ0) is 23.4. The van der Waals surface area contributed by atoms with Crippen molar-refractivity contribution < 1.29 is 14.3 Å². The molecule has 2 amide bonds. The summed E-state index contributed by atoms with van der Waals surface area (Å²) in [5, 5.41) is 3.98. The molecule has 4 rings (SSSR count). The summed E-state index contributed by atoms with van der Waals surface area (Å²) in [5.74, 6) is 0.742. The molecule has 0 aliphatic carbocycles. The molecule has 0 radical (unpaired) electrons. The number of ether oxygens (including phenoxy) is 1. The third-order valence-corrected chi connectivity index (χ3v) is 7.84. The van der Waals surface area contributed by atoms with Gasteiger partial charge >= 0.3 is 0 Å². The normalized spacial score (nSPS) is 15.2. The predicted molar refractivity (Wildman–Crippen MR) is 134 cm³/mol. The summed E-state index contributed by atoms with van der Waals surface area (Å²) in [6, 6.07) is 11.8. The summed E-state index contributed by atoms with van der Waals surface area (Å²) >= 11 is 3.15. The second kappa shape index (κ2) is 10.5. The molecular formula is C26H30N2O3S2. The van der Waals surface area contributed by atoms with E-state index in [9.17, 15) is 9.59 Å². The first-order chi connectivity index (χ1) is 16.0. The van der Waals surface area contributed by atoms with Gasteiger partial charge in [-0.05, 0) is 66.8 Å². The summed E-state index contributed by atoms with van der Waals surface area (Å²) in [5.41, 5.74) is 3.45. The van der Waals surface area contributed by atoms with Crippen molar-refractivity contribution in [3.8, 4) is 5.75 Å². The lowest BCUT2D eigenvalue weighted by molar-refractivity contribution is -0.135. The van der Waals surface area contributed by atoms with Crippen LogP contribution in [0.5, 0.6) is 5.75 Å². The Morgan fingerprint density at radius 1 is 1.15 bits per heavy atom. The van der Waals surface area contributed by atoms with Crippen LogP contribution in [0.1, 0.15) is 50.6 Å². The van der Waals surface area contributed by atoms with E-state index in [1.54, 1.807) is 16.2 Å². The number of nitrogens with zero attached hydrogens (tertiary/aromatic N) is 2. The fraction of sp³-hybridized carbons (Fsp3) is 0.385. The van der Waals surface area contributed by atoms with E-state index < -0.39 is 0 Å². The number of hydrogen-bond donors (Lipinski definition) is 0. The molecular weight excluding hydrogens is 452 g/mol. The Morgan fingerprint density at radius 2 is 2.00 bits per heavy atom. The van der Waals surface area contributed by atoms with E-state index in [-0.39, 0.29) is 24.4 Å². The van der Waals surface area contributed by atoms with Crippen LogP contribution >= 0.6 is 22.7 Å². The van der Waals surface area contributed by atoms with Crippen LogP contribution in [-0.4, -0.2) is 47.9 Å². The lowest BCUT2D eigenvalue weighted by Gasteiger charge is -2.37. The molecule has 1 atom stereocenters. The van der Waals surface area contributed by atoms with E-state index in [1.165, 1.54) is 21.8 Å². The number of benzene rings is 1. The quantitative estimate of drug-likeness (QED) is 0.427. The standard InChI is InChI=1S/C26H30N2O3S2/c1-4-11-27(26(30)24-6-5-13-32-24)16-25(29)28-12-9-23-20(10-14-33-23)21(28)17-31-22-8-7-18(2)15-19(22)3/h5-8,10,13-15,21H,4,9,11-12,16-17H2,1-3H3/t21-/m1/s1. The minimum atomic E-state index is -0.159. The molecule has 0 unspecified atom stereocenters. The minimum absolute atomic E-state index is 0.0283. The van der Waals surface area contributed by atoms with Gasteiger partial charge in [-0.1, -0.05) is 30.7 Å². The zero-order valence-electron chi connectivity index (χ0n) is 19.4. The maximum atomic E-state index is 13.5. The monoisotopic (exact) mass is 482 g/mol. The van der Waals surface area contributed by atoms with Crippen molar-refractivity contribution >= 4 is 34.5 Å². The van der Waals surface area contributed by atoms with E-state index in [2.05, 4.69) is 24.4 Å². The highest BCUT2D eigenvalue weighted by Crippen LogP contribution is 2.34. The first-order valence-electron chi connectivity index (χ1n) is 11.4. The van der Waals surface area contributed by atoms with Crippen LogP contribution in [0, 0.1) is 13.8 Å². The number of aryl methyl sites for hydroxylation is 2. The van der Waals surface area contributed by atoms with Gasteiger partial charge in [-0.25, -0.2) is 0 Å². The molecule has 0 spiro atoms. The topological polar surface area (TPSA) is 49.9 Å². The van der Waals surface area contributed by atoms with Crippen molar-refractivity contribution in [3.05, 3.63) is 73.6 Å². The molecule has 0 fully saturated rings.